The standard InChI is InChI=1S/C9H11NO5S/c10-7(12)2-5(11)8(13)6-1-4(3-16-6)9(14)15/h1,3,5,8,11,13H,2H2,(H2,10,12)(H,14,15). The van der Waals surface area contributed by atoms with E-state index in [1.54, 1.807) is 0 Å². The Labute approximate surface area is 94.9 Å². The average Bonchev–Trinajstić information content (AvgIpc) is 2.64. The first-order valence-electron chi connectivity index (χ1n) is 4.38. The SMILES string of the molecule is NC(=O)CC(O)C(O)c1cc(C(=O)O)cs1. The van der Waals surface area contributed by atoms with E-state index in [1.165, 1.54) is 11.4 Å². The Kier molecular flexibility index (Phi) is 3.99. The molecule has 7 heteroatoms. The van der Waals surface area contributed by atoms with Crippen LogP contribution in [0.15, 0.2) is 11.4 Å². The molecular formula is C9H11NO5S. The third kappa shape index (κ3) is 3.02. The summed E-state index contributed by atoms with van der Waals surface area (Å²) in [6.45, 7) is 0. The number of aliphatic hydroxyl groups excluding tert-OH is 2. The van der Waals surface area contributed by atoms with Crippen molar-refractivity contribution in [1.29, 1.82) is 0 Å². The smallest absolute Gasteiger partial charge is 0.336 e. The molecule has 1 amide bonds. The predicted octanol–water partition coefficient (Wildman–Crippen LogP) is -0.284. The predicted molar refractivity (Wildman–Crippen MR) is 56.1 cm³/mol. The molecule has 0 aliphatic rings. The highest BCUT2D eigenvalue weighted by Gasteiger charge is 2.22. The van der Waals surface area contributed by atoms with E-state index in [-0.39, 0.29) is 16.9 Å². The number of carbonyl (C=O) groups excluding carboxylic acids is 1. The zero-order valence-corrected chi connectivity index (χ0v) is 8.98. The Morgan fingerprint density at radius 1 is 1.44 bits per heavy atom. The fourth-order valence-corrected chi connectivity index (χ4v) is 2.05. The number of thiophene rings is 1. The van der Waals surface area contributed by atoms with Gasteiger partial charge in [0.2, 0.25) is 5.91 Å². The van der Waals surface area contributed by atoms with Gasteiger partial charge in [-0.1, -0.05) is 0 Å². The van der Waals surface area contributed by atoms with Gasteiger partial charge < -0.3 is 21.1 Å². The molecule has 0 bridgehead atoms. The molecule has 1 rings (SSSR count). The van der Waals surface area contributed by atoms with Gasteiger partial charge in [-0.25, -0.2) is 4.79 Å². The zero-order chi connectivity index (χ0) is 12.3. The van der Waals surface area contributed by atoms with Gasteiger partial charge in [0.1, 0.15) is 6.10 Å². The van der Waals surface area contributed by atoms with E-state index in [1.807, 2.05) is 0 Å². The zero-order valence-electron chi connectivity index (χ0n) is 8.16. The topological polar surface area (TPSA) is 121 Å². The van der Waals surface area contributed by atoms with Gasteiger partial charge in [0.15, 0.2) is 0 Å². The minimum Gasteiger partial charge on any atom is -0.478 e. The third-order valence-electron chi connectivity index (χ3n) is 1.93. The number of carboxylic acids is 1. The minimum atomic E-state index is -1.32. The summed E-state index contributed by atoms with van der Waals surface area (Å²) >= 11 is 0.998. The molecule has 0 aliphatic carbocycles. The lowest BCUT2D eigenvalue weighted by molar-refractivity contribution is -0.121. The lowest BCUT2D eigenvalue weighted by atomic mass is 10.1. The quantitative estimate of drug-likeness (QED) is 0.568. The van der Waals surface area contributed by atoms with E-state index in [2.05, 4.69) is 0 Å². The molecule has 0 saturated heterocycles. The Hall–Kier alpha value is -1.44. The lowest BCUT2D eigenvalue weighted by Crippen LogP contribution is -2.25. The maximum atomic E-state index is 10.6. The minimum absolute atomic E-state index is 0.0327. The molecule has 16 heavy (non-hydrogen) atoms. The second-order valence-corrected chi connectivity index (χ2v) is 4.17. The molecule has 2 atom stereocenters. The van der Waals surface area contributed by atoms with Crippen LogP contribution in [-0.2, 0) is 4.79 Å². The van der Waals surface area contributed by atoms with Gasteiger partial charge in [-0.3, -0.25) is 4.79 Å². The molecule has 2 unspecified atom stereocenters. The van der Waals surface area contributed by atoms with Crippen molar-refractivity contribution in [1.82, 2.24) is 0 Å². The molecule has 5 N–H and O–H groups in total. The van der Waals surface area contributed by atoms with Gasteiger partial charge in [0.05, 0.1) is 18.1 Å². The summed E-state index contributed by atoms with van der Waals surface area (Å²) in [5.41, 5.74) is 4.89. The molecule has 0 radical (unpaired) electrons. The van der Waals surface area contributed by atoms with Crippen LogP contribution in [-0.4, -0.2) is 33.3 Å². The largest absolute Gasteiger partial charge is 0.478 e. The van der Waals surface area contributed by atoms with E-state index >= 15 is 0 Å². The number of rotatable bonds is 5. The Morgan fingerprint density at radius 3 is 2.50 bits per heavy atom. The Balaban J connectivity index is 2.75. The maximum absolute atomic E-state index is 10.6. The van der Waals surface area contributed by atoms with E-state index in [4.69, 9.17) is 10.8 Å². The number of hydrogen-bond donors (Lipinski definition) is 4. The van der Waals surface area contributed by atoms with Crippen LogP contribution in [0, 0.1) is 0 Å². The van der Waals surface area contributed by atoms with Crippen LogP contribution in [0.4, 0.5) is 0 Å². The molecule has 88 valence electrons. The second-order valence-electron chi connectivity index (χ2n) is 3.23. The van der Waals surface area contributed by atoms with Crippen molar-refractivity contribution in [2.24, 2.45) is 5.73 Å². The van der Waals surface area contributed by atoms with Crippen LogP contribution >= 0.6 is 11.3 Å². The number of carbonyl (C=O) groups is 2. The number of nitrogens with two attached hydrogens (primary N) is 1. The van der Waals surface area contributed by atoms with Crippen LogP contribution in [0.2, 0.25) is 0 Å². The molecular weight excluding hydrogens is 234 g/mol. The Morgan fingerprint density at radius 2 is 2.06 bits per heavy atom. The summed E-state index contributed by atoms with van der Waals surface area (Å²) < 4.78 is 0. The first-order chi connectivity index (χ1) is 7.41. The van der Waals surface area contributed by atoms with Crippen LogP contribution in [0.3, 0.4) is 0 Å². The molecule has 1 aromatic heterocycles. The second kappa shape index (κ2) is 5.06. The first kappa shape index (κ1) is 12.6. The number of aliphatic hydroxyl groups is 2. The maximum Gasteiger partial charge on any atom is 0.336 e. The summed E-state index contributed by atoms with van der Waals surface area (Å²) in [4.78, 5) is 21.4. The number of carboxylic acid groups (broad SMARTS) is 1. The van der Waals surface area contributed by atoms with Crippen LogP contribution in [0.1, 0.15) is 27.8 Å². The monoisotopic (exact) mass is 245 g/mol. The highest BCUT2D eigenvalue weighted by molar-refractivity contribution is 7.10. The molecule has 1 aromatic rings. The molecule has 0 fully saturated rings. The highest BCUT2D eigenvalue weighted by atomic mass is 32.1. The number of amides is 1. The van der Waals surface area contributed by atoms with Gasteiger partial charge in [-0.05, 0) is 6.07 Å². The van der Waals surface area contributed by atoms with Crippen molar-refractivity contribution in [3.63, 3.8) is 0 Å². The Bertz CT molecular complexity index is 402. The van der Waals surface area contributed by atoms with Gasteiger partial charge in [-0.2, -0.15) is 0 Å². The van der Waals surface area contributed by atoms with Crippen molar-refractivity contribution in [2.75, 3.05) is 0 Å². The van der Waals surface area contributed by atoms with Gasteiger partial charge in [0, 0.05) is 10.3 Å². The number of primary amides is 1. The van der Waals surface area contributed by atoms with Gasteiger partial charge in [0.25, 0.3) is 0 Å². The lowest BCUT2D eigenvalue weighted by Gasteiger charge is -2.14. The summed E-state index contributed by atoms with van der Waals surface area (Å²) in [6, 6.07) is 1.25. The fourth-order valence-electron chi connectivity index (χ4n) is 1.13. The fraction of sp³-hybridized carbons (Fsp3) is 0.333. The van der Waals surface area contributed by atoms with Crippen LogP contribution < -0.4 is 5.73 Å². The number of aromatic carboxylic acids is 1. The third-order valence-corrected chi connectivity index (χ3v) is 2.94. The van der Waals surface area contributed by atoms with E-state index < -0.39 is 24.1 Å². The average molecular weight is 245 g/mol. The van der Waals surface area contributed by atoms with Crippen molar-refractivity contribution in [3.05, 3.63) is 21.9 Å². The van der Waals surface area contributed by atoms with Crippen molar-refractivity contribution in [2.45, 2.75) is 18.6 Å². The normalized spacial score (nSPS) is 14.4. The van der Waals surface area contributed by atoms with Crippen LogP contribution in [0.25, 0.3) is 0 Å². The highest BCUT2D eigenvalue weighted by Crippen LogP contribution is 2.25. The molecule has 0 spiro atoms. The summed E-state index contributed by atoms with van der Waals surface area (Å²) in [7, 11) is 0. The number of hydrogen-bond acceptors (Lipinski definition) is 5. The van der Waals surface area contributed by atoms with Crippen molar-refractivity contribution in [3.8, 4) is 0 Å². The summed E-state index contributed by atoms with van der Waals surface area (Å²) in [5, 5.41) is 29.0. The summed E-state index contributed by atoms with van der Waals surface area (Å²) in [6.07, 6.45) is -3.00. The van der Waals surface area contributed by atoms with E-state index in [0.717, 1.165) is 11.3 Å². The van der Waals surface area contributed by atoms with Crippen molar-refractivity contribution >= 4 is 23.2 Å². The molecule has 1 heterocycles. The summed E-state index contributed by atoms with van der Waals surface area (Å²) in [5.74, 6) is -1.85. The van der Waals surface area contributed by atoms with Crippen LogP contribution in [0.5, 0.6) is 0 Å². The van der Waals surface area contributed by atoms with Gasteiger partial charge in [-0.15, -0.1) is 11.3 Å². The molecule has 6 nitrogen and oxygen atoms in total. The van der Waals surface area contributed by atoms with E-state index in [0.29, 0.717) is 0 Å². The van der Waals surface area contributed by atoms with Gasteiger partial charge >= 0.3 is 5.97 Å². The first-order valence-corrected chi connectivity index (χ1v) is 5.26. The molecule has 0 aromatic carbocycles. The molecule has 0 aliphatic heterocycles. The molecule has 0 saturated carbocycles. The van der Waals surface area contributed by atoms with Crippen molar-refractivity contribution < 1.29 is 24.9 Å². The van der Waals surface area contributed by atoms with E-state index in [9.17, 15) is 19.8 Å².